The van der Waals surface area contributed by atoms with Gasteiger partial charge in [0.2, 0.25) is 0 Å². The molecule has 0 aliphatic rings. The van der Waals surface area contributed by atoms with E-state index < -0.39 is 12.0 Å². The zero-order valence-electron chi connectivity index (χ0n) is 7.21. The zero-order valence-corrected chi connectivity index (χ0v) is 9.36. The minimum absolute atomic E-state index is 0.144. The van der Waals surface area contributed by atoms with Gasteiger partial charge in [-0.2, -0.15) is 0 Å². The highest BCUT2D eigenvalue weighted by molar-refractivity contribution is 14.1. The van der Waals surface area contributed by atoms with Crippen molar-refractivity contribution in [2.24, 2.45) is 5.73 Å². The van der Waals surface area contributed by atoms with Gasteiger partial charge < -0.3 is 10.8 Å². The van der Waals surface area contributed by atoms with Gasteiger partial charge in [-0.3, -0.25) is 4.79 Å². The molecule has 0 spiro atoms. The van der Waals surface area contributed by atoms with Crippen LogP contribution in [0.4, 0.5) is 4.39 Å². The molecule has 0 aliphatic heterocycles. The Morgan fingerprint density at radius 1 is 1.64 bits per heavy atom. The number of benzene rings is 1. The van der Waals surface area contributed by atoms with Gasteiger partial charge in [0.05, 0.1) is 0 Å². The summed E-state index contributed by atoms with van der Waals surface area (Å²) >= 11 is 2.02. The fraction of sp³-hybridized carbons (Fsp3) is 0.222. The maximum Gasteiger partial charge on any atom is 0.320 e. The van der Waals surface area contributed by atoms with E-state index in [4.69, 9.17) is 10.8 Å². The van der Waals surface area contributed by atoms with Crippen LogP contribution in [0.1, 0.15) is 5.56 Å². The first-order valence-corrected chi connectivity index (χ1v) is 5.01. The van der Waals surface area contributed by atoms with E-state index in [2.05, 4.69) is 0 Å². The number of rotatable bonds is 3. The maximum absolute atomic E-state index is 12.8. The van der Waals surface area contributed by atoms with Crippen molar-refractivity contribution in [1.29, 1.82) is 0 Å². The number of nitrogens with two attached hydrogens (primary N) is 1. The number of carbonyl (C=O) groups is 1. The van der Waals surface area contributed by atoms with Gasteiger partial charge in [-0.25, -0.2) is 4.39 Å². The minimum Gasteiger partial charge on any atom is -0.480 e. The van der Waals surface area contributed by atoms with Crippen LogP contribution >= 0.6 is 22.6 Å². The van der Waals surface area contributed by atoms with Gasteiger partial charge >= 0.3 is 5.97 Å². The van der Waals surface area contributed by atoms with Crippen LogP contribution in [0.2, 0.25) is 0 Å². The minimum atomic E-state index is -1.08. The lowest BCUT2D eigenvalue weighted by atomic mass is 10.1. The predicted molar refractivity (Wildman–Crippen MR) is 58.4 cm³/mol. The summed E-state index contributed by atoms with van der Waals surface area (Å²) in [5, 5.41) is 8.58. The summed E-state index contributed by atoms with van der Waals surface area (Å²) in [6, 6.07) is 3.26. The standard InChI is InChI=1S/C9H9FINO2/c10-6-1-2-7(11)5(3-6)4-8(12)9(13)14/h1-3,8H,4,12H2,(H,13,14)/t8-/m0/s1. The molecule has 0 saturated carbocycles. The van der Waals surface area contributed by atoms with Crippen molar-refractivity contribution in [2.75, 3.05) is 0 Å². The third-order valence-electron chi connectivity index (χ3n) is 1.76. The average molecular weight is 309 g/mol. The predicted octanol–water partition coefficient (Wildman–Crippen LogP) is 1.38. The van der Waals surface area contributed by atoms with E-state index in [-0.39, 0.29) is 12.2 Å². The number of aliphatic carboxylic acids is 1. The molecule has 0 radical (unpaired) electrons. The van der Waals surface area contributed by atoms with Crippen LogP contribution in [0.3, 0.4) is 0 Å². The van der Waals surface area contributed by atoms with Gasteiger partial charge in [0.15, 0.2) is 0 Å². The van der Waals surface area contributed by atoms with E-state index in [1.54, 1.807) is 6.07 Å². The van der Waals surface area contributed by atoms with Gasteiger partial charge in [-0.1, -0.05) is 0 Å². The molecular weight excluding hydrogens is 300 g/mol. The maximum atomic E-state index is 12.8. The average Bonchev–Trinajstić information content (AvgIpc) is 2.11. The molecule has 0 aliphatic carbocycles. The van der Waals surface area contributed by atoms with Gasteiger partial charge in [0, 0.05) is 3.57 Å². The second-order valence-electron chi connectivity index (χ2n) is 2.88. The molecule has 0 fully saturated rings. The Labute approximate surface area is 94.2 Å². The Bertz CT molecular complexity index is 357. The third kappa shape index (κ3) is 2.91. The molecule has 0 heterocycles. The van der Waals surface area contributed by atoms with Crippen LogP contribution in [-0.4, -0.2) is 17.1 Å². The van der Waals surface area contributed by atoms with E-state index in [0.29, 0.717) is 5.56 Å². The highest BCUT2D eigenvalue weighted by atomic mass is 127. The monoisotopic (exact) mass is 309 g/mol. The lowest BCUT2D eigenvalue weighted by Gasteiger charge is -2.08. The highest BCUT2D eigenvalue weighted by Crippen LogP contribution is 2.15. The molecule has 1 aromatic rings. The Balaban J connectivity index is 2.85. The quantitative estimate of drug-likeness (QED) is 0.829. The van der Waals surface area contributed by atoms with Crippen LogP contribution in [-0.2, 0) is 11.2 Å². The summed E-state index contributed by atoms with van der Waals surface area (Å²) < 4.78 is 13.6. The molecule has 0 bridgehead atoms. The summed E-state index contributed by atoms with van der Waals surface area (Å²) in [6.45, 7) is 0. The van der Waals surface area contributed by atoms with Crippen LogP contribution in [0.25, 0.3) is 0 Å². The molecule has 1 rings (SSSR count). The van der Waals surface area contributed by atoms with Gasteiger partial charge in [-0.05, 0) is 52.8 Å². The van der Waals surface area contributed by atoms with Crippen LogP contribution in [0, 0.1) is 9.39 Å². The van der Waals surface area contributed by atoms with Crippen molar-refractivity contribution >= 4 is 28.6 Å². The Kier molecular flexibility index (Phi) is 3.82. The van der Waals surface area contributed by atoms with E-state index in [1.165, 1.54) is 12.1 Å². The van der Waals surface area contributed by atoms with Crippen molar-refractivity contribution in [3.63, 3.8) is 0 Å². The molecule has 0 aromatic heterocycles. The summed E-state index contributed by atoms with van der Waals surface area (Å²) in [5.41, 5.74) is 5.97. The van der Waals surface area contributed by atoms with E-state index in [0.717, 1.165) is 3.57 Å². The van der Waals surface area contributed by atoms with E-state index in [9.17, 15) is 9.18 Å². The lowest BCUT2D eigenvalue weighted by molar-refractivity contribution is -0.138. The normalized spacial score (nSPS) is 12.5. The van der Waals surface area contributed by atoms with E-state index >= 15 is 0 Å². The number of hydrogen-bond acceptors (Lipinski definition) is 2. The van der Waals surface area contributed by atoms with Crippen LogP contribution < -0.4 is 5.73 Å². The molecule has 76 valence electrons. The Morgan fingerprint density at radius 3 is 2.86 bits per heavy atom. The zero-order chi connectivity index (χ0) is 10.7. The molecule has 3 nitrogen and oxygen atoms in total. The Hall–Kier alpha value is -0.690. The molecule has 0 saturated heterocycles. The first-order valence-electron chi connectivity index (χ1n) is 3.93. The van der Waals surface area contributed by atoms with Crippen molar-refractivity contribution in [3.8, 4) is 0 Å². The largest absolute Gasteiger partial charge is 0.480 e. The summed E-state index contributed by atoms with van der Waals surface area (Å²) in [6.07, 6.45) is 0.144. The molecule has 0 unspecified atom stereocenters. The van der Waals surface area contributed by atoms with Crippen molar-refractivity contribution in [2.45, 2.75) is 12.5 Å². The van der Waals surface area contributed by atoms with E-state index in [1.807, 2.05) is 22.6 Å². The third-order valence-corrected chi connectivity index (χ3v) is 2.82. The lowest BCUT2D eigenvalue weighted by Crippen LogP contribution is -2.32. The molecule has 3 N–H and O–H groups in total. The Morgan fingerprint density at radius 2 is 2.29 bits per heavy atom. The van der Waals surface area contributed by atoms with Crippen LogP contribution in [0.15, 0.2) is 18.2 Å². The second kappa shape index (κ2) is 4.70. The summed E-state index contributed by atoms with van der Waals surface area (Å²) in [5.74, 6) is -1.46. The topological polar surface area (TPSA) is 63.3 Å². The first-order chi connectivity index (χ1) is 6.50. The number of hydrogen-bond donors (Lipinski definition) is 2. The van der Waals surface area contributed by atoms with Gasteiger partial charge in [0.25, 0.3) is 0 Å². The van der Waals surface area contributed by atoms with Gasteiger partial charge in [0.1, 0.15) is 11.9 Å². The molecule has 0 amide bonds. The summed E-state index contributed by atoms with van der Waals surface area (Å²) in [4.78, 5) is 10.5. The molecule has 1 aromatic carbocycles. The van der Waals surface area contributed by atoms with Crippen LogP contribution in [0.5, 0.6) is 0 Å². The molecule has 5 heteroatoms. The number of halogens is 2. The van der Waals surface area contributed by atoms with Gasteiger partial charge in [-0.15, -0.1) is 0 Å². The number of carboxylic acid groups (broad SMARTS) is 1. The smallest absolute Gasteiger partial charge is 0.320 e. The second-order valence-corrected chi connectivity index (χ2v) is 4.05. The molecule has 14 heavy (non-hydrogen) atoms. The van der Waals surface area contributed by atoms with Crippen molar-refractivity contribution in [1.82, 2.24) is 0 Å². The van der Waals surface area contributed by atoms with Crippen molar-refractivity contribution in [3.05, 3.63) is 33.1 Å². The summed E-state index contributed by atoms with van der Waals surface area (Å²) in [7, 11) is 0. The first kappa shape index (κ1) is 11.4. The molecule has 1 atom stereocenters. The SMILES string of the molecule is N[C@@H](Cc1cc(F)ccc1I)C(=O)O. The fourth-order valence-electron chi connectivity index (χ4n) is 1.02. The fourth-order valence-corrected chi connectivity index (χ4v) is 1.58. The highest BCUT2D eigenvalue weighted by Gasteiger charge is 2.14. The molecular formula is C9H9FINO2. The number of carboxylic acids is 1. The van der Waals surface area contributed by atoms with Crippen molar-refractivity contribution < 1.29 is 14.3 Å².